The van der Waals surface area contributed by atoms with Crippen LogP contribution in [0.25, 0.3) is 0 Å². The smallest absolute Gasteiger partial charge is 0.229 e. The molecule has 0 rings (SSSR count). The van der Waals surface area contributed by atoms with E-state index in [2.05, 4.69) is 0 Å². The lowest BCUT2D eigenvalue weighted by Crippen LogP contribution is -2.64. The summed E-state index contributed by atoms with van der Waals surface area (Å²) in [5.74, 6) is -0.567. The molecule has 0 spiro atoms. The predicted molar refractivity (Wildman–Crippen MR) is 89.3 cm³/mol. The molecular formula is C17H35NO5. The lowest BCUT2D eigenvalue weighted by Gasteiger charge is -2.49. The Morgan fingerprint density at radius 2 is 0.870 bits per heavy atom. The van der Waals surface area contributed by atoms with E-state index in [0.717, 1.165) is 0 Å². The van der Waals surface area contributed by atoms with E-state index in [9.17, 15) is 4.79 Å². The van der Waals surface area contributed by atoms with Crippen molar-refractivity contribution in [1.29, 1.82) is 0 Å². The summed E-state index contributed by atoms with van der Waals surface area (Å²) in [6, 6.07) is 0. The van der Waals surface area contributed by atoms with Gasteiger partial charge in [-0.1, -0.05) is 0 Å². The molecule has 0 radical (unpaired) electrons. The van der Waals surface area contributed by atoms with Crippen molar-refractivity contribution >= 4 is 5.91 Å². The van der Waals surface area contributed by atoms with Gasteiger partial charge in [0.15, 0.2) is 0 Å². The van der Waals surface area contributed by atoms with Gasteiger partial charge in [0.05, 0.1) is 11.2 Å². The van der Waals surface area contributed by atoms with Crippen LogP contribution < -0.4 is 5.73 Å². The summed E-state index contributed by atoms with van der Waals surface area (Å²) in [6.07, 6.45) is 0. The SMILES string of the molecule is CC(C)(C)OOC(C)(C)C(C)(C(N)=O)C(C)(C)OOC(C)(C)C. The van der Waals surface area contributed by atoms with Crippen molar-refractivity contribution in [3.63, 3.8) is 0 Å². The first-order chi connectivity index (χ1) is 9.86. The van der Waals surface area contributed by atoms with Crippen molar-refractivity contribution in [3.8, 4) is 0 Å². The lowest BCUT2D eigenvalue weighted by atomic mass is 9.64. The van der Waals surface area contributed by atoms with Gasteiger partial charge < -0.3 is 5.73 Å². The molecule has 0 aromatic heterocycles. The van der Waals surface area contributed by atoms with Crippen LogP contribution in [0.5, 0.6) is 0 Å². The Labute approximate surface area is 140 Å². The predicted octanol–water partition coefficient (Wildman–Crippen LogP) is 3.53. The van der Waals surface area contributed by atoms with Gasteiger partial charge in [-0.15, -0.1) is 0 Å². The van der Waals surface area contributed by atoms with Crippen molar-refractivity contribution in [2.45, 2.75) is 98.6 Å². The number of primary amides is 1. The lowest BCUT2D eigenvalue weighted by molar-refractivity contribution is -0.453. The summed E-state index contributed by atoms with van der Waals surface area (Å²) in [7, 11) is 0. The molecule has 0 aromatic carbocycles. The minimum Gasteiger partial charge on any atom is -0.369 e. The van der Waals surface area contributed by atoms with E-state index in [1.807, 2.05) is 41.5 Å². The van der Waals surface area contributed by atoms with E-state index in [0.29, 0.717) is 0 Å². The fourth-order valence-electron chi connectivity index (χ4n) is 1.94. The van der Waals surface area contributed by atoms with Crippen LogP contribution in [0.3, 0.4) is 0 Å². The fourth-order valence-corrected chi connectivity index (χ4v) is 1.94. The van der Waals surface area contributed by atoms with Crippen LogP contribution in [0.2, 0.25) is 0 Å². The first kappa shape index (κ1) is 22.3. The Morgan fingerprint density at radius 1 is 0.609 bits per heavy atom. The number of amides is 1. The summed E-state index contributed by atoms with van der Waals surface area (Å²) in [5, 5.41) is 0. The second-order valence-corrected chi connectivity index (χ2v) is 9.07. The van der Waals surface area contributed by atoms with E-state index in [1.165, 1.54) is 0 Å². The molecule has 0 atom stereocenters. The maximum atomic E-state index is 12.3. The van der Waals surface area contributed by atoms with Crippen molar-refractivity contribution in [3.05, 3.63) is 0 Å². The quantitative estimate of drug-likeness (QED) is 0.569. The second kappa shape index (κ2) is 6.67. The van der Waals surface area contributed by atoms with Gasteiger partial charge >= 0.3 is 0 Å². The van der Waals surface area contributed by atoms with Crippen LogP contribution in [0, 0.1) is 5.41 Å². The molecule has 0 aliphatic carbocycles. The Hall–Kier alpha value is -0.690. The van der Waals surface area contributed by atoms with Crippen molar-refractivity contribution < 1.29 is 24.3 Å². The van der Waals surface area contributed by atoms with Gasteiger partial charge in [-0.3, -0.25) is 4.79 Å². The topological polar surface area (TPSA) is 80.0 Å². The molecule has 0 saturated carbocycles. The average molecular weight is 333 g/mol. The molecule has 2 N–H and O–H groups in total. The molecule has 23 heavy (non-hydrogen) atoms. The number of hydrogen-bond donors (Lipinski definition) is 1. The number of rotatable bonds is 7. The molecule has 0 aliphatic rings. The molecule has 0 aliphatic heterocycles. The third-order valence-corrected chi connectivity index (χ3v) is 3.90. The number of nitrogens with two attached hydrogens (primary N) is 1. The van der Waals surface area contributed by atoms with Crippen molar-refractivity contribution in [2.75, 3.05) is 0 Å². The average Bonchev–Trinajstić information content (AvgIpc) is 2.31. The first-order valence-corrected chi connectivity index (χ1v) is 7.89. The third kappa shape index (κ3) is 5.71. The zero-order chi connectivity index (χ0) is 18.9. The maximum absolute atomic E-state index is 12.3. The Morgan fingerprint density at radius 3 is 1.04 bits per heavy atom. The fraction of sp³-hybridized carbons (Fsp3) is 0.941. The molecular weight excluding hydrogens is 298 g/mol. The van der Waals surface area contributed by atoms with Crippen LogP contribution in [-0.4, -0.2) is 28.3 Å². The van der Waals surface area contributed by atoms with Gasteiger partial charge in [0.25, 0.3) is 0 Å². The summed E-state index contributed by atoms with van der Waals surface area (Å²) in [6.45, 7) is 19.8. The minimum absolute atomic E-state index is 0.525. The molecule has 0 saturated heterocycles. The van der Waals surface area contributed by atoms with E-state index in [-0.39, 0.29) is 0 Å². The van der Waals surface area contributed by atoms with Gasteiger partial charge in [-0.2, -0.15) is 0 Å². The normalized spacial score (nSPS) is 14.9. The van der Waals surface area contributed by atoms with E-state index in [1.54, 1.807) is 34.6 Å². The minimum atomic E-state index is -1.23. The number of carbonyl (C=O) groups excluding carboxylic acids is 1. The highest BCUT2D eigenvalue weighted by molar-refractivity contribution is 5.83. The highest BCUT2D eigenvalue weighted by Gasteiger charge is 2.60. The van der Waals surface area contributed by atoms with E-state index < -0.39 is 33.7 Å². The van der Waals surface area contributed by atoms with Gasteiger partial charge in [-0.05, 0) is 76.2 Å². The van der Waals surface area contributed by atoms with Crippen LogP contribution >= 0.6 is 0 Å². The largest absolute Gasteiger partial charge is 0.369 e. The monoisotopic (exact) mass is 333 g/mol. The zero-order valence-corrected chi connectivity index (χ0v) is 16.6. The van der Waals surface area contributed by atoms with Gasteiger partial charge in [-0.25, -0.2) is 19.6 Å². The van der Waals surface area contributed by atoms with E-state index >= 15 is 0 Å². The molecule has 6 nitrogen and oxygen atoms in total. The molecule has 0 unspecified atom stereocenters. The van der Waals surface area contributed by atoms with Crippen molar-refractivity contribution in [2.24, 2.45) is 11.1 Å². The zero-order valence-electron chi connectivity index (χ0n) is 16.6. The number of hydrogen-bond acceptors (Lipinski definition) is 5. The standard InChI is InChI=1S/C17H35NO5/c1-13(2,3)20-22-15(7,8)17(11,12(18)19)16(9,10)23-21-14(4,5)6/h1-11H3,(H2,18,19). The third-order valence-electron chi connectivity index (χ3n) is 3.90. The van der Waals surface area contributed by atoms with Crippen LogP contribution in [0.4, 0.5) is 0 Å². The second-order valence-electron chi connectivity index (χ2n) is 9.07. The van der Waals surface area contributed by atoms with E-state index in [4.69, 9.17) is 25.3 Å². The van der Waals surface area contributed by atoms with Crippen LogP contribution in [0.15, 0.2) is 0 Å². The first-order valence-electron chi connectivity index (χ1n) is 7.89. The molecule has 6 heteroatoms. The summed E-state index contributed by atoms with van der Waals surface area (Å²) >= 11 is 0. The molecule has 0 bridgehead atoms. The Balaban J connectivity index is 5.57. The van der Waals surface area contributed by atoms with Crippen LogP contribution in [0.1, 0.15) is 76.2 Å². The Kier molecular flexibility index (Phi) is 6.47. The van der Waals surface area contributed by atoms with Gasteiger partial charge in [0, 0.05) is 0 Å². The molecule has 138 valence electrons. The highest BCUT2D eigenvalue weighted by Crippen LogP contribution is 2.46. The summed E-state index contributed by atoms with van der Waals surface area (Å²) in [5.41, 5.74) is 1.32. The van der Waals surface area contributed by atoms with Crippen LogP contribution in [-0.2, 0) is 24.3 Å². The molecule has 0 fully saturated rings. The Bertz CT molecular complexity index is 386. The summed E-state index contributed by atoms with van der Waals surface area (Å²) in [4.78, 5) is 34.4. The maximum Gasteiger partial charge on any atom is 0.229 e. The summed E-state index contributed by atoms with van der Waals surface area (Å²) < 4.78 is 0. The molecule has 1 amide bonds. The van der Waals surface area contributed by atoms with Crippen molar-refractivity contribution in [1.82, 2.24) is 0 Å². The number of carbonyl (C=O) groups is 1. The van der Waals surface area contributed by atoms with Gasteiger partial charge in [0.2, 0.25) is 5.91 Å². The van der Waals surface area contributed by atoms with Gasteiger partial charge in [0.1, 0.15) is 16.6 Å². The molecule has 0 heterocycles. The highest BCUT2D eigenvalue weighted by atomic mass is 17.2. The molecule has 0 aromatic rings.